The number of halogens is 2. The molecular weight excluding hydrogens is 235 g/mol. The van der Waals surface area contributed by atoms with Crippen molar-refractivity contribution in [2.45, 2.75) is 12.0 Å². The zero-order valence-corrected chi connectivity index (χ0v) is 9.90. The van der Waals surface area contributed by atoms with Crippen LogP contribution in [0.5, 0.6) is 0 Å². The number of pyridine rings is 1. The van der Waals surface area contributed by atoms with Crippen molar-refractivity contribution in [2.24, 2.45) is 0 Å². The van der Waals surface area contributed by atoms with Gasteiger partial charge >= 0.3 is 0 Å². The van der Waals surface area contributed by atoms with Gasteiger partial charge in [0.25, 0.3) is 0 Å². The zero-order chi connectivity index (χ0) is 10.9. The van der Waals surface area contributed by atoms with E-state index in [0.717, 1.165) is 25.1 Å². The van der Waals surface area contributed by atoms with Crippen molar-refractivity contribution in [2.75, 3.05) is 20.2 Å². The van der Waals surface area contributed by atoms with Crippen LogP contribution in [0, 0.1) is 0 Å². The highest BCUT2D eigenvalue weighted by Gasteiger charge is 2.37. The average molecular weight is 247 g/mol. The Hall–Kier alpha value is -0.350. The molecule has 0 spiro atoms. The number of rotatable bonds is 3. The van der Waals surface area contributed by atoms with Crippen LogP contribution in [0.1, 0.15) is 5.56 Å². The second-order valence-corrected chi connectivity index (χ2v) is 4.56. The van der Waals surface area contributed by atoms with Crippen molar-refractivity contribution in [3.63, 3.8) is 0 Å². The van der Waals surface area contributed by atoms with E-state index in [-0.39, 0.29) is 5.60 Å². The lowest BCUT2D eigenvalue weighted by Crippen LogP contribution is -2.61. The summed E-state index contributed by atoms with van der Waals surface area (Å²) in [7, 11) is 1.73. The highest BCUT2D eigenvalue weighted by molar-refractivity contribution is 6.32. The summed E-state index contributed by atoms with van der Waals surface area (Å²) in [5, 5.41) is 4.05. The van der Waals surface area contributed by atoms with Gasteiger partial charge in [0.15, 0.2) is 0 Å². The Balaban J connectivity index is 2.16. The second-order valence-electron chi connectivity index (χ2n) is 3.79. The lowest BCUT2D eigenvalue weighted by Gasteiger charge is -2.41. The molecule has 82 valence electrons. The number of methoxy groups -OCH3 is 1. The summed E-state index contributed by atoms with van der Waals surface area (Å²) >= 11 is 11.7. The molecule has 5 heteroatoms. The fraction of sp³-hybridized carbons (Fsp3) is 0.500. The quantitative estimate of drug-likeness (QED) is 0.828. The summed E-state index contributed by atoms with van der Waals surface area (Å²) in [4.78, 5) is 3.91. The molecule has 0 aromatic carbocycles. The van der Waals surface area contributed by atoms with E-state index in [1.54, 1.807) is 7.11 Å². The van der Waals surface area contributed by atoms with E-state index in [1.807, 2.05) is 12.1 Å². The van der Waals surface area contributed by atoms with Crippen molar-refractivity contribution in [3.05, 3.63) is 28.0 Å². The standard InChI is InChI=1S/C10H12Cl2N2O/c1-15-10(5-13-6-10)4-7-2-8(11)14-9(12)3-7/h2-3,13H,4-6H2,1H3. The average Bonchev–Trinajstić information content (AvgIpc) is 2.10. The molecule has 1 aliphatic heterocycles. The number of ether oxygens (including phenoxy) is 1. The maximum absolute atomic E-state index is 5.83. The third-order valence-electron chi connectivity index (χ3n) is 2.68. The molecule has 2 heterocycles. The van der Waals surface area contributed by atoms with Crippen LogP contribution < -0.4 is 5.32 Å². The summed E-state index contributed by atoms with van der Waals surface area (Å²) in [6.45, 7) is 1.72. The molecular formula is C10H12Cl2N2O. The van der Waals surface area contributed by atoms with E-state index in [2.05, 4.69) is 10.3 Å². The molecule has 0 atom stereocenters. The van der Waals surface area contributed by atoms with Crippen molar-refractivity contribution in [1.82, 2.24) is 10.3 Å². The van der Waals surface area contributed by atoms with Gasteiger partial charge < -0.3 is 10.1 Å². The van der Waals surface area contributed by atoms with Gasteiger partial charge in [0.05, 0.1) is 5.60 Å². The molecule has 0 bridgehead atoms. The Morgan fingerprint density at radius 1 is 1.40 bits per heavy atom. The van der Waals surface area contributed by atoms with E-state index in [0.29, 0.717) is 10.3 Å². The topological polar surface area (TPSA) is 34.1 Å². The third-order valence-corrected chi connectivity index (χ3v) is 3.06. The number of nitrogens with one attached hydrogen (secondary N) is 1. The SMILES string of the molecule is COC1(Cc2cc(Cl)nc(Cl)c2)CNC1. The van der Waals surface area contributed by atoms with Gasteiger partial charge in [-0.2, -0.15) is 0 Å². The summed E-state index contributed by atoms with van der Waals surface area (Å²) in [5.74, 6) is 0. The van der Waals surface area contributed by atoms with Gasteiger partial charge in [-0.15, -0.1) is 0 Å². The lowest BCUT2D eigenvalue weighted by atomic mass is 9.89. The van der Waals surface area contributed by atoms with Crippen LogP contribution in [0.4, 0.5) is 0 Å². The molecule has 1 aromatic heterocycles. The van der Waals surface area contributed by atoms with Gasteiger partial charge in [-0.3, -0.25) is 0 Å². The molecule has 1 saturated heterocycles. The first-order valence-electron chi connectivity index (χ1n) is 4.71. The van der Waals surface area contributed by atoms with E-state index in [9.17, 15) is 0 Å². The van der Waals surface area contributed by atoms with Crippen LogP contribution >= 0.6 is 23.2 Å². The molecule has 0 saturated carbocycles. The molecule has 2 rings (SSSR count). The minimum atomic E-state index is -0.103. The van der Waals surface area contributed by atoms with Gasteiger partial charge in [0.1, 0.15) is 10.3 Å². The molecule has 1 fully saturated rings. The van der Waals surface area contributed by atoms with Crippen LogP contribution in [-0.4, -0.2) is 30.8 Å². The van der Waals surface area contributed by atoms with E-state index < -0.39 is 0 Å². The van der Waals surface area contributed by atoms with E-state index >= 15 is 0 Å². The third kappa shape index (κ3) is 2.42. The van der Waals surface area contributed by atoms with E-state index in [4.69, 9.17) is 27.9 Å². The first-order chi connectivity index (χ1) is 7.13. The predicted molar refractivity (Wildman–Crippen MR) is 60.6 cm³/mol. The van der Waals surface area contributed by atoms with Crippen molar-refractivity contribution >= 4 is 23.2 Å². The van der Waals surface area contributed by atoms with Crippen LogP contribution in [-0.2, 0) is 11.2 Å². The molecule has 0 aliphatic carbocycles. The van der Waals surface area contributed by atoms with Gasteiger partial charge in [0.2, 0.25) is 0 Å². The van der Waals surface area contributed by atoms with Crippen molar-refractivity contribution < 1.29 is 4.74 Å². The summed E-state index contributed by atoms with van der Waals surface area (Å²) in [6.07, 6.45) is 0.804. The minimum absolute atomic E-state index is 0.103. The van der Waals surface area contributed by atoms with Crippen LogP contribution in [0.2, 0.25) is 10.3 Å². The molecule has 0 unspecified atom stereocenters. The van der Waals surface area contributed by atoms with Crippen molar-refractivity contribution in [3.8, 4) is 0 Å². The van der Waals surface area contributed by atoms with Crippen LogP contribution in [0.3, 0.4) is 0 Å². The first-order valence-corrected chi connectivity index (χ1v) is 5.47. The lowest BCUT2D eigenvalue weighted by molar-refractivity contribution is -0.0502. The van der Waals surface area contributed by atoms with Gasteiger partial charge in [-0.1, -0.05) is 23.2 Å². The minimum Gasteiger partial charge on any atom is -0.375 e. The van der Waals surface area contributed by atoms with Crippen molar-refractivity contribution in [1.29, 1.82) is 0 Å². The number of hydrogen-bond acceptors (Lipinski definition) is 3. The summed E-state index contributed by atoms with van der Waals surface area (Å²) in [6, 6.07) is 3.65. The monoisotopic (exact) mass is 246 g/mol. The van der Waals surface area contributed by atoms with Gasteiger partial charge in [0, 0.05) is 26.6 Å². The molecule has 0 radical (unpaired) electrons. The maximum atomic E-state index is 5.83. The Bertz CT molecular complexity index is 341. The molecule has 1 aliphatic rings. The molecule has 1 aromatic rings. The Labute approximate surface area is 98.7 Å². The fourth-order valence-corrected chi connectivity index (χ4v) is 2.24. The number of aromatic nitrogens is 1. The Morgan fingerprint density at radius 3 is 2.40 bits per heavy atom. The highest BCUT2D eigenvalue weighted by Crippen LogP contribution is 2.24. The molecule has 1 N–H and O–H groups in total. The van der Waals surface area contributed by atoms with Gasteiger partial charge in [-0.05, 0) is 17.7 Å². The zero-order valence-electron chi connectivity index (χ0n) is 8.39. The van der Waals surface area contributed by atoms with Gasteiger partial charge in [-0.25, -0.2) is 4.98 Å². The molecule has 15 heavy (non-hydrogen) atoms. The summed E-state index contributed by atoms with van der Waals surface area (Å²) in [5.41, 5.74) is 0.955. The van der Waals surface area contributed by atoms with Crippen LogP contribution in [0.15, 0.2) is 12.1 Å². The maximum Gasteiger partial charge on any atom is 0.131 e. The largest absolute Gasteiger partial charge is 0.375 e. The molecule has 3 nitrogen and oxygen atoms in total. The highest BCUT2D eigenvalue weighted by atomic mass is 35.5. The number of nitrogens with zero attached hydrogens (tertiary/aromatic N) is 1. The summed E-state index contributed by atoms with van der Waals surface area (Å²) < 4.78 is 5.49. The van der Waals surface area contributed by atoms with E-state index in [1.165, 1.54) is 0 Å². The Kier molecular flexibility index (Phi) is 3.16. The smallest absolute Gasteiger partial charge is 0.131 e. The first kappa shape index (κ1) is 11.1. The molecule has 0 amide bonds. The second kappa shape index (κ2) is 4.26. The number of hydrogen-bond donors (Lipinski definition) is 1. The predicted octanol–water partition coefficient (Wildman–Crippen LogP) is 1.92. The normalized spacial score (nSPS) is 18.6. The Morgan fingerprint density at radius 2 is 2.00 bits per heavy atom. The fourth-order valence-electron chi connectivity index (χ4n) is 1.73. The van der Waals surface area contributed by atoms with Crippen LogP contribution in [0.25, 0.3) is 0 Å².